The van der Waals surface area contributed by atoms with Gasteiger partial charge in [0.05, 0.1) is 6.04 Å². The third-order valence-corrected chi connectivity index (χ3v) is 3.61. The highest BCUT2D eigenvalue weighted by atomic mass is 16.2. The van der Waals surface area contributed by atoms with Crippen molar-refractivity contribution in [3.05, 3.63) is 35.4 Å². The zero-order valence-corrected chi connectivity index (χ0v) is 11.2. The summed E-state index contributed by atoms with van der Waals surface area (Å²) in [6.45, 7) is 5.90. The highest BCUT2D eigenvalue weighted by Crippen LogP contribution is 2.15. The van der Waals surface area contributed by atoms with E-state index in [0.29, 0.717) is 12.5 Å². The Labute approximate surface area is 109 Å². The van der Waals surface area contributed by atoms with Crippen molar-refractivity contribution in [2.45, 2.75) is 38.6 Å². The fraction of sp³-hybridized carbons (Fsp3) is 0.533. The standard InChI is InChI=1S/C15H22N2O/c1-11-5-7-13(8-6-11)12(2)10-17-15(18)14-4-3-9-16-14/h5-8,12,14,16H,3-4,9-10H2,1-2H3,(H,17,18). The summed E-state index contributed by atoms with van der Waals surface area (Å²) >= 11 is 0. The van der Waals surface area contributed by atoms with Gasteiger partial charge in [0.25, 0.3) is 0 Å². The maximum absolute atomic E-state index is 11.9. The summed E-state index contributed by atoms with van der Waals surface area (Å²) in [6, 6.07) is 8.54. The Morgan fingerprint density at radius 3 is 2.78 bits per heavy atom. The van der Waals surface area contributed by atoms with Gasteiger partial charge in [0.2, 0.25) is 5.91 Å². The van der Waals surface area contributed by atoms with Gasteiger partial charge in [-0.3, -0.25) is 4.79 Å². The van der Waals surface area contributed by atoms with Crippen LogP contribution in [0.3, 0.4) is 0 Å². The van der Waals surface area contributed by atoms with E-state index in [-0.39, 0.29) is 11.9 Å². The maximum Gasteiger partial charge on any atom is 0.237 e. The minimum Gasteiger partial charge on any atom is -0.354 e. The van der Waals surface area contributed by atoms with Crippen LogP contribution in [-0.4, -0.2) is 25.0 Å². The molecule has 2 N–H and O–H groups in total. The highest BCUT2D eigenvalue weighted by molar-refractivity contribution is 5.82. The number of nitrogens with one attached hydrogen (secondary N) is 2. The number of aryl methyl sites for hydroxylation is 1. The molecular weight excluding hydrogens is 224 g/mol. The minimum atomic E-state index is 0.0233. The topological polar surface area (TPSA) is 41.1 Å². The number of carbonyl (C=O) groups excluding carboxylic acids is 1. The summed E-state index contributed by atoms with van der Waals surface area (Å²) in [5, 5.41) is 6.25. The molecule has 1 aliphatic rings. The molecule has 2 rings (SSSR count). The molecule has 2 atom stereocenters. The van der Waals surface area contributed by atoms with Crippen molar-refractivity contribution in [2.24, 2.45) is 0 Å². The van der Waals surface area contributed by atoms with Crippen LogP contribution < -0.4 is 10.6 Å². The zero-order chi connectivity index (χ0) is 13.0. The van der Waals surface area contributed by atoms with Gasteiger partial charge < -0.3 is 10.6 Å². The third kappa shape index (κ3) is 3.33. The number of rotatable bonds is 4. The van der Waals surface area contributed by atoms with Gasteiger partial charge in [-0.05, 0) is 37.8 Å². The van der Waals surface area contributed by atoms with Gasteiger partial charge in [0, 0.05) is 6.54 Å². The van der Waals surface area contributed by atoms with Crippen molar-refractivity contribution >= 4 is 5.91 Å². The second kappa shape index (κ2) is 6.01. The van der Waals surface area contributed by atoms with Crippen molar-refractivity contribution in [1.82, 2.24) is 10.6 Å². The molecule has 1 amide bonds. The van der Waals surface area contributed by atoms with Crippen LogP contribution in [-0.2, 0) is 4.79 Å². The lowest BCUT2D eigenvalue weighted by molar-refractivity contribution is -0.122. The minimum absolute atomic E-state index is 0.0233. The van der Waals surface area contributed by atoms with E-state index in [1.54, 1.807) is 0 Å². The summed E-state index contributed by atoms with van der Waals surface area (Å²) < 4.78 is 0. The highest BCUT2D eigenvalue weighted by Gasteiger charge is 2.21. The molecule has 1 aromatic carbocycles. The molecule has 3 heteroatoms. The quantitative estimate of drug-likeness (QED) is 0.853. The molecular formula is C15H22N2O. The molecule has 1 aromatic rings. The first-order valence-electron chi connectivity index (χ1n) is 6.74. The van der Waals surface area contributed by atoms with E-state index in [1.165, 1.54) is 11.1 Å². The molecule has 0 aromatic heterocycles. The molecule has 0 spiro atoms. The molecule has 0 radical (unpaired) electrons. The molecule has 3 nitrogen and oxygen atoms in total. The second-order valence-electron chi connectivity index (χ2n) is 5.21. The summed E-state index contributed by atoms with van der Waals surface area (Å²) in [4.78, 5) is 11.9. The second-order valence-corrected chi connectivity index (χ2v) is 5.21. The number of amides is 1. The molecule has 1 saturated heterocycles. The normalized spacial score (nSPS) is 20.7. The van der Waals surface area contributed by atoms with E-state index in [9.17, 15) is 4.79 Å². The van der Waals surface area contributed by atoms with Crippen molar-refractivity contribution in [2.75, 3.05) is 13.1 Å². The lowest BCUT2D eigenvalue weighted by atomic mass is 10.00. The van der Waals surface area contributed by atoms with Crippen LogP contribution in [0.1, 0.15) is 36.8 Å². The first-order valence-corrected chi connectivity index (χ1v) is 6.74. The predicted molar refractivity (Wildman–Crippen MR) is 73.6 cm³/mol. The van der Waals surface area contributed by atoms with Gasteiger partial charge in [-0.2, -0.15) is 0 Å². The van der Waals surface area contributed by atoms with Gasteiger partial charge >= 0.3 is 0 Å². The van der Waals surface area contributed by atoms with Gasteiger partial charge in [-0.25, -0.2) is 0 Å². The lowest BCUT2D eigenvalue weighted by Gasteiger charge is -2.16. The Bertz CT molecular complexity index is 393. The molecule has 2 unspecified atom stereocenters. The largest absolute Gasteiger partial charge is 0.354 e. The predicted octanol–water partition coefficient (Wildman–Crippen LogP) is 1.97. The molecule has 1 aliphatic heterocycles. The first kappa shape index (κ1) is 13.1. The number of hydrogen-bond acceptors (Lipinski definition) is 2. The van der Waals surface area contributed by atoms with Crippen molar-refractivity contribution in [1.29, 1.82) is 0 Å². The van der Waals surface area contributed by atoms with Crippen molar-refractivity contribution in [3.63, 3.8) is 0 Å². The average molecular weight is 246 g/mol. The molecule has 18 heavy (non-hydrogen) atoms. The molecule has 0 bridgehead atoms. The monoisotopic (exact) mass is 246 g/mol. The Balaban J connectivity index is 1.82. The van der Waals surface area contributed by atoms with E-state index in [4.69, 9.17) is 0 Å². The summed E-state index contributed by atoms with van der Waals surface area (Å²) in [5.74, 6) is 0.502. The van der Waals surface area contributed by atoms with Crippen LogP contribution in [0.4, 0.5) is 0 Å². The van der Waals surface area contributed by atoms with Gasteiger partial charge in [-0.15, -0.1) is 0 Å². The summed E-state index contributed by atoms with van der Waals surface area (Å²) in [6.07, 6.45) is 2.07. The lowest BCUT2D eigenvalue weighted by Crippen LogP contribution is -2.41. The van der Waals surface area contributed by atoms with Gasteiger partial charge in [0.15, 0.2) is 0 Å². The van der Waals surface area contributed by atoms with Gasteiger partial charge in [0.1, 0.15) is 0 Å². The van der Waals surface area contributed by atoms with E-state index in [0.717, 1.165) is 19.4 Å². The Morgan fingerprint density at radius 2 is 2.17 bits per heavy atom. The Morgan fingerprint density at radius 1 is 1.44 bits per heavy atom. The van der Waals surface area contributed by atoms with Crippen molar-refractivity contribution in [3.8, 4) is 0 Å². The van der Waals surface area contributed by atoms with Crippen LogP contribution in [0.15, 0.2) is 24.3 Å². The third-order valence-electron chi connectivity index (χ3n) is 3.61. The van der Waals surface area contributed by atoms with E-state index < -0.39 is 0 Å². The summed E-state index contributed by atoms with van der Waals surface area (Å²) in [5.41, 5.74) is 2.55. The molecule has 0 saturated carbocycles. The first-order chi connectivity index (χ1) is 8.66. The maximum atomic E-state index is 11.9. The number of carbonyl (C=O) groups is 1. The SMILES string of the molecule is Cc1ccc(C(C)CNC(=O)C2CCCN2)cc1. The van der Waals surface area contributed by atoms with Crippen LogP contribution in [0.25, 0.3) is 0 Å². The fourth-order valence-electron chi connectivity index (χ4n) is 2.30. The molecule has 1 fully saturated rings. The number of benzene rings is 1. The van der Waals surface area contributed by atoms with Crippen molar-refractivity contribution < 1.29 is 4.79 Å². The molecule has 98 valence electrons. The zero-order valence-electron chi connectivity index (χ0n) is 11.2. The fourth-order valence-corrected chi connectivity index (χ4v) is 2.30. The van der Waals surface area contributed by atoms with Crippen LogP contribution in [0, 0.1) is 6.92 Å². The number of hydrogen-bond donors (Lipinski definition) is 2. The van der Waals surface area contributed by atoms with E-state index in [2.05, 4.69) is 48.7 Å². The average Bonchev–Trinajstić information content (AvgIpc) is 2.90. The van der Waals surface area contributed by atoms with Gasteiger partial charge in [-0.1, -0.05) is 36.8 Å². The smallest absolute Gasteiger partial charge is 0.237 e. The van der Waals surface area contributed by atoms with Crippen LogP contribution in [0.5, 0.6) is 0 Å². The van der Waals surface area contributed by atoms with E-state index in [1.807, 2.05) is 0 Å². The van der Waals surface area contributed by atoms with Crippen LogP contribution in [0.2, 0.25) is 0 Å². The van der Waals surface area contributed by atoms with E-state index >= 15 is 0 Å². The molecule has 1 heterocycles. The summed E-state index contributed by atoms with van der Waals surface area (Å²) in [7, 11) is 0. The Hall–Kier alpha value is -1.35. The molecule has 0 aliphatic carbocycles. The van der Waals surface area contributed by atoms with Crippen LogP contribution >= 0.6 is 0 Å². The Kier molecular flexibility index (Phi) is 4.37.